The van der Waals surface area contributed by atoms with Crippen LogP contribution in [0.3, 0.4) is 0 Å². The lowest BCUT2D eigenvalue weighted by Gasteiger charge is -2.32. The zero-order valence-electron chi connectivity index (χ0n) is 15.3. The second-order valence-electron chi connectivity index (χ2n) is 7.02. The average molecular weight is 369 g/mol. The lowest BCUT2D eigenvalue weighted by molar-refractivity contribution is -0.0809. The minimum absolute atomic E-state index is 0.0241. The fraction of sp³-hybridized carbons (Fsp3) is 0.450. The third-order valence-corrected chi connectivity index (χ3v) is 5.36. The van der Waals surface area contributed by atoms with Gasteiger partial charge in [0.2, 0.25) is 0 Å². The highest BCUT2D eigenvalue weighted by Gasteiger charge is 2.47. The molecule has 7 heteroatoms. The van der Waals surface area contributed by atoms with Crippen LogP contribution in [0.5, 0.6) is 0 Å². The van der Waals surface area contributed by atoms with Crippen LogP contribution in [-0.2, 0) is 23.1 Å². The van der Waals surface area contributed by atoms with E-state index in [0.29, 0.717) is 25.5 Å². The molecule has 4 rings (SSSR count). The van der Waals surface area contributed by atoms with Crippen LogP contribution >= 0.6 is 0 Å². The average Bonchev–Trinajstić information content (AvgIpc) is 3.08. The minimum atomic E-state index is -0.193. The summed E-state index contributed by atoms with van der Waals surface area (Å²) in [5.74, 6) is -0.147. The Hall–Kier alpha value is -2.51. The summed E-state index contributed by atoms with van der Waals surface area (Å²) in [5, 5.41) is 0. The lowest BCUT2D eigenvalue weighted by Crippen LogP contribution is -2.44. The van der Waals surface area contributed by atoms with Crippen molar-refractivity contribution in [2.45, 2.75) is 37.7 Å². The Morgan fingerprint density at radius 2 is 2.11 bits per heavy atom. The highest BCUT2D eigenvalue weighted by atomic mass is 16.5. The molecule has 3 atom stereocenters. The molecule has 0 spiro atoms. The molecule has 0 radical (unpaired) electrons. The van der Waals surface area contributed by atoms with Crippen molar-refractivity contribution in [3.05, 3.63) is 64.3 Å². The molecule has 0 unspecified atom stereocenters. The third kappa shape index (κ3) is 3.52. The molecule has 2 saturated heterocycles. The number of nitrogens with zero attached hydrogens (tertiary/aromatic N) is 3. The molecular formula is C20H23N3O4. The Labute approximate surface area is 157 Å². The van der Waals surface area contributed by atoms with Crippen molar-refractivity contribution in [3.8, 4) is 0 Å². The second-order valence-corrected chi connectivity index (χ2v) is 7.02. The molecule has 4 heterocycles. The van der Waals surface area contributed by atoms with E-state index < -0.39 is 0 Å². The Bertz CT molecular complexity index is 867. The van der Waals surface area contributed by atoms with Gasteiger partial charge in [0, 0.05) is 32.1 Å². The second kappa shape index (κ2) is 7.62. The number of hydrogen-bond acceptors (Lipinski definition) is 5. The maximum Gasteiger partial charge on any atom is 0.271 e. The summed E-state index contributed by atoms with van der Waals surface area (Å²) >= 11 is 0. The molecule has 2 fully saturated rings. The van der Waals surface area contributed by atoms with Crippen LogP contribution in [-0.4, -0.2) is 51.8 Å². The summed E-state index contributed by atoms with van der Waals surface area (Å²) in [5.41, 5.74) is 1.23. The standard InChI is InChI=1S/C20H23N3O4/c1-22-16(4-2-6-18(22)24)20(25)23-12-17(19-15(23)5-3-11-26-19)27-13-14-7-9-21-10-8-14/h2,4,6-10,15,17,19H,3,5,11-13H2,1H3/t15-,17+,19+/m1/s1. The molecule has 7 nitrogen and oxygen atoms in total. The number of fused-ring (bicyclic) bond motifs is 1. The number of likely N-dealkylation sites (tertiary alicyclic amines) is 1. The first kappa shape index (κ1) is 17.9. The van der Waals surface area contributed by atoms with Crippen LogP contribution in [0.15, 0.2) is 47.5 Å². The van der Waals surface area contributed by atoms with Crippen molar-refractivity contribution in [1.29, 1.82) is 0 Å². The van der Waals surface area contributed by atoms with E-state index in [4.69, 9.17) is 9.47 Å². The normalized spacial score (nSPS) is 24.6. The van der Waals surface area contributed by atoms with Gasteiger partial charge in [-0.1, -0.05) is 6.07 Å². The summed E-state index contributed by atoms with van der Waals surface area (Å²) < 4.78 is 13.5. The first-order valence-corrected chi connectivity index (χ1v) is 9.24. The summed E-state index contributed by atoms with van der Waals surface area (Å²) in [4.78, 5) is 30.9. The van der Waals surface area contributed by atoms with Gasteiger partial charge in [0.25, 0.3) is 11.5 Å². The molecule has 0 saturated carbocycles. The van der Waals surface area contributed by atoms with Crippen LogP contribution in [0.25, 0.3) is 0 Å². The smallest absolute Gasteiger partial charge is 0.271 e. The number of rotatable bonds is 4. The quantitative estimate of drug-likeness (QED) is 0.814. The predicted molar refractivity (Wildman–Crippen MR) is 98.3 cm³/mol. The first-order chi connectivity index (χ1) is 13.1. The molecule has 1 amide bonds. The van der Waals surface area contributed by atoms with Gasteiger partial charge >= 0.3 is 0 Å². The zero-order valence-corrected chi connectivity index (χ0v) is 15.3. The highest BCUT2D eigenvalue weighted by Crippen LogP contribution is 2.32. The molecule has 0 aliphatic carbocycles. The van der Waals surface area contributed by atoms with E-state index in [1.165, 1.54) is 10.6 Å². The van der Waals surface area contributed by atoms with Crippen molar-refractivity contribution in [3.63, 3.8) is 0 Å². The molecule has 0 N–H and O–H groups in total. The Morgan fingerprint density at radius 1 is 1.30 bits per heavy atom. The van der Waals surface area contributed by atoms with E-state index in [9.17, 15) is 9.59 Å². The maximum atomic E-state index is 13.1. The molecule has 0 bridgehead atoms. The van der Waals surface area contributed by atoms with Crippen molar-refractivity contribution in [2.24, 2.45) is 7.05 Å². The van der Waals surface area contributed by atoms with Gasteiger partial charge in [-0.3, -0.25) is 14.6 Å². The predicted octanol–water partition coefficient (Wildman–Crippen LogP) is 1.37. The van der Waals surface area contributed by atoms with Crippen molar-refractivity contribution < 1.29 is 14.3 Å². The van der Waals surface area contributed by atoms with E-state index in [1.807, 2.05) is 17.0 Å². The highest BCUT2D eigenvalue weighted by molar-refractivity contribution is 5.93. The van der Waals surface area contributed by atoms with Gasteiger partial charge in [0.1, 0.15) is 17.9 Å². The van der Waals surface area contributed by atoms with Gasteiger partial charge in [0.05, 0.1) is 19.2 Å². The minimum Gasteiger partial charge on any atom is -0.373 e. The fourth-order valence-corrected chi connectivity index (χ4v) is 3.90. The van der Waals surface area contributed by atoms with Crippen LogP contribution < -0.4 is 5.56 Å². The number of carbonyl (C=O) groups is 1. The van der Waals surface area contributed by atoms with E-state index in [1.54, 1.807) is 31.6 Å². The summed E-state index contributed by atoms with van der Waals surface area (Å²) in [6.07, 6.45) is 4.94. The summed E-state index contributed by atoms with van der Waals surface area (Å²) in [6, 6.07) is 8.57. The number of ether oxygens (including phenoxy) is 2. The van der Waals surface area contributed by atoms with Crippen LogP contribution in [0.1, 0.15) is 28.9 Å². The van der Waals surface area contributed by atoms with Gasteiger partial charge in [-0.15, -0.1) is 0 Å². The van der Waals surface area contributed by atoms with Gasteiger partial charge < -0.3 is 18.9 Å². The Balaban J connectivity index is 1.53. The molecule has 2 aromatic rings. The molecular weight excluding hydrogens is 346 g/mol. The molecule has 2 aliphatic heterocycles. The SMILES string of the molecule is Cn1c(C(=O)N2C[C@H](OCc3ccncc3)[C@H]3OCCC[C@H]32)cccc1=O. The molecule has 142 valence electrons. The number of aromatic nitrogens is 2. The fourth-order valence-electron chi connectivity index (χ4n) is 3.90. The van der Waals surface area contributed by atoms with Crippen LogP contribution in [0, 0.1) is 0 Å². The van der Waals surface area contributed by atoms with E-state index in [2.05, 4.69) is 4.98 Å². The first-order valence-electron chi connectivity index (χ1n) is 9.24. The van der Waals surface area contributed by atoms with Gasteiger partial charge in [-0.25, -0.2) is 0 Å². The van der Waals surface area contributed by atoms with E-state index in [0.717, 1.165) is 18.4 Å². The summed E-state index contributed by atoms with van der Waals surface area (Å²) in [7, 11) is 1.62. The lowest BCUT2D eigenvalue weighted by atomic mass is 10.0. The molecule has 2 aliphatic rings. The van der Waals surface area contributed by atoms with Gasteiger partial charge in [0.15, 0.2) is 0 Å². The molecule has 2 aromatic heterocycles. The number of pyridine rings is 2. The van der Waals surface area contributed by atoms with Crippen LogP contribution in [0.4, 0.5) is 0 Å². The Kier molecular flexibility index (Phi) is 5.05. The Morgan fingerprint density at radius 3 is 2.93 bits per heavy atom. The van der Waals surface area contributed by atoms with Crippen molar-refractivity contribution >= 4 is 5.91 Å². The van der Waals surface area contributed by atoms with E-state index in [-0.39, 0.29) is 29.7 Å². The number of hydrogen-bond donors (Lipinski definition) is 0. The van der Waals surface area contributed by atoms with Gasteiger partial charge in [-0.2, -0.15) is 0 Å². The number of carbonyl (C=O) groups excluding carboxylic acids is 1. The van der Waals surface area contributed by atoms with Crippen molar-refractivity contribution in [2.75, 3.05) is 13.2 Å². The molecule has 27 heavy (non-hydrogen) atoms. The largest absolute Gasteiger partial charge is 0.373 e. The topological polar surface area (TPSA) is 73.7 Å². The third-order valence-electron chi connectivity index (χ3n) is 5.36. The maximum absolute atomic E-state index is 13.1. The van der Waals surface area contributed by atoms with E-state index >= 15 is 0 Å². The van der Waals surface area contributed by atoms with Crippen LogP contribution in [0.2, 0.25) is 0 Å². The zero-order chi connectivity index (χ0) is 18.8. The van der Waals surface area contributed by atoms with Crippen molar-refractivity contribution in [1.82, 2.24) is 14.5 Å². The monoisotopic (exact) mass is 369 g/mol. The number of amides is 1. The summed E-state index contributed by atoms with van der Waals surface area (Å²) in [6.45, 7) is 1.59. The molecule has 0 aromatic carbocycles. The van der Waals surface area contributed by atoms with Gasteiger partial charge in [-0.05, 0) is 36.6 Å².